The van der Waals surface area contributed by atoms with Crippen LogP contribution in [0.5, 0.6) is 5.75 Å². The number of aromatic carboxylic acids is 1. The van der Waals surface area contributed by atoms with Crippen LogP contribution in [0.15, 0.2) is 42.5 Å². The monoisotopic (exact) mass is 339 g/mol. The predicted octanol–water partition coefficient (Wildman–Crippen LogP) is 3.10. The first-order chi connectivity index (χ1) is 11.9. The maximum atomic E-state index is 12.6. The zero-order valence-electron chi connectivity index (χ0n) is 14.1. The van der Waals surface area contributed by atoms with Gasteiger partial charge in [0.25, 0.3) is 5.91 Å². The number of carboxylic acids is 1. The van der Waals surface area contributed by atoms with Crippen molar-refractivity contribution in [2.75, 3.05) is 13.1 Å². The quantitative estimate of drug-likeness (QED) is 0.897. The molecular formula is C20H21NO4. The number of carboxylic acid groups (broad SMARTS) is 1. The number of rotatable bonds is 4. The van der Waals surface area contributed by atoms with Gasteiger partial charge in [-0.2, -0.15) is 0 Å². The van der Waals surface area contributed by atoms with Crippen molar-refractivity contribution in [2.45, 2.75) is 19.8 Å². The molecule has 5 nitrogen and oxygen atoms in total. The van der Waals surface area contributed by atoms with Crippen LogP contribution in [0.1, 0.15) is 38.3 Å². The van der Waals surface area contributed by atoms with Gasteiger partial charge in [0, 0.05) is 18.7 Å². The molecule has 130 valence electrons. The SMILES string of the molecule is Cc1cc(C(=O)N2CC[C@@H](Cc3ccc(C(=O)O)cc3)C2)ccc1O. The first-order valence-electron chi connectivity index (χ1n) is 8.35. The van der Waals surface area contributed by atoms with Gasteiger partial charge in [-0.05, 0) is 67.1 Å². The highest BCUT2D eigenvalue weighted by Gasteiger charge is 2.27. The summed E-state index contributed by atoms with van der Waals surface area (Å²) in [6.07, 6.45) is 1.77. The Morgan fingerprint density at radius 2 is 1.80 bits per heavy atom. The number of likely N-dealkylation sites (tertiary alicyclic amines) is 1. The van der Waals surface area contributed by atoms with E-state index in [0.717, 1.165) is 24.9 Å². The number of carbonyl (C=O) groups is 2. The lowest BCUT2D eigenvalue weighted by molar-refractivity contribution is 0.0696. The van der Waals surface area contributed by atoms with E-state index in [1.165, 1.54) is 0 Å². The summed E-state index contributed by atoms with van der Waals surface area (Å²) in [5.41, 5.74) is 2.67. The second-order valence-electron chi connectivity index (χ2n) is 6.61. The first kappa shape index (κ1) is 17.0. The Bertz CT molecular complexity index is 798. The van der Waals surface area contributed by atoms with Crippen molar-refractivity contribution in [3.8, 4) is 5.75 Å². The van der Waals surface area contributed by atoms with E-state index < -0.39 is 5.97 Å². The largest absolute Gasteiger partial charge is 0.508 e. The third-order valence-corrected chi connectivity index (χ3v) is 4.74. The van der Waals surface area contributed by atoms with Gasteiger partial charge in [0.2, 0.25) is 0 Å². The molecule has 1 fully saturated rings. The van der Waals surface area contributed by atoms with Gasteiger partial charge in [0.15, 0.2) is 0 Å². The Morgan fingerprint density at radius 1 is 1.12 bits per heavy atom. The van der Waals surface area contributed by atoms with Gasteiger partial charge in [0.1, 0.15) is 5.75 Å². The zero-order chi connectivity index (χ0) is 18.0. The fourth-order valence-corrected chi connectivity index (χ4v) is 3.27. The highest BCUT2D eigenvalue weighted by molar-refractivity contribution is 5.94. The predicted molar refractivity (Wildman–Crippen MR) is 94.0 cm³/mol. The minimum Gasteiger partial charge on any atom is -0.508 e. The van der Waals surface area contributed by atoms with Crippen LogP contribution in [-0.2, 0) is 6.42 Å². The van der Waals surface area contributed by atoms with Gasteiger partial charge in [-0.1, -0.05) is 12.1 Å². The van der Waals surface area contributed by atoms with Crippen LogP contribution in [0, 0.1) is 12.8 Å². The fraction of sp³-hybridized carbons (Fsp3) is 0.300. The molecule has 1 amide bonds. The second-order valence-corrected chi connectivity index (χ2v) is 6.61. The van der Waals surface area contributed by atoms with E-state index in [-0.39, 0.29) is 17.2 Å². The zero-order valence-corrected chi connectivity index (χ0v) is 14.1. The molecule has 1 heterocycles. The van der Waals surface area contributed by atoms with E-state index in [2.05, 4.69) is 0 Å². The van der Waals surface area contributed by atoms with Crippen molar-refractivity contribution in [3.63, 3.8) is 0 Å². The van der Waals surface area contributed by atoms with Crippen molar-refractivity contribution >= 4 is 11.9 Å². The summed E-state index contributed by atoms with van der Waals surface area (Å²) in [5.74, 6) is -0.362. The highest BCUT2D eigenvalue weighted by atomic mass is 16.4. The molecule has 0 bridgehead atoms. The molecule has 5 heteroatoms. The maximum Gasteiger partial charge on any atom is 0.335 e. The summed E-state index contributed by atoms with van der Waals surface area (Å²) in [4.78, 5) is 25.4. The first-order valence-corrected chi connectivity index (χ1v) is 8.35. The fourth-order valence-electron chi connectivity index (χ4n) is 3.27. The van der Waals surface area contributed by atoms with Gasteiger partial charge < -0.3 is 15.1 Å². The van der Waals surface area contributed by atoms with Crippen LogP contribution in [0.4, 0.5) is 0 Å². The Labute approximate surface area is 146 Å². The summed E-state index contributed by atoms with van der Waals surface area (Å²) >= 11 is 0. The smallest absolute Gasteiger partial charge is 0.335 e. The van der Waals surface area contributed by atoms with Gasteiger partial charge in [-0.15, -0.1) is 0 Å². The molecule has 0 aromatic heterocycles. The minimum atomic E-state index is -0.923. The molecular weight excluding hydrogens is 318 g/mol. The number of phenolic OH excluding ortho intramolecular Hbond substituents is 1. The highest BCUT2D eigenvalue weighted by Crippen LogP contribution is 2.24. The molecule has 1 saturated heterocycles. The van der Waals surface area contributed by atoms with Crippen molar-refractivity contribution in [1.29, 1.82) is 0 Å². The lowest BCUT2D eigenvalue weighted by Gasteiger charge is -2.17. The number of hydrogen-bond acceptors (Lipinski definition) is 3. The number of aryl methyl sites for hydroxylation is 1. The van der Waals surface area contributed by atoms with E-state index in [0.29, 0.717) is 23.6 Å². The number of nitrogens with zero attached hydrogens (tertiary/aromatic N) is 1. The Kier molecular flexibility index (Phi) is 4.74. The molecule has 0 radical (unpaired) electrons. The number of benzene rings is 2. The molecule has 1 aliphatic rings. The van der Waals surface area contributed by atoms with E-state index in [1.807, 2.05) is 17.0 Å². The van der Waals surface area contributed by atoms with Gasteiger partial charge >= 0.3 is 5.97 Å². The molecule has 0 saturated carbocycles. The number of amides is 1. The molecule has 2 aromatic rings. The summed E-state index contributed by atoms with van der Waals surface area (Å²) < 4.78 is 0. The molecule has 25 heavy (non-hydrogen) atoms. The number of hydrogen-bond donors (Lipinski definition) is 2. The van der Waals surface area contributed by atoms with Crippen LogP contribution < -0.4 is 0 Å². The molecule has 1 atom stereocenters. The summed E-state index contributed by atoms with van der Waals surface area (Å²) in [6, 6.07) is 11.9. The topological polar surface area (TPSA) is 77.8 Å². The molecule has 0 spiro atoms. The lowest BCUT2D eigenvalue weighted by Crippen LogP contribution is -2.29. The Hall–Kier alpha value is -2.82. The van der Waals surface area contributed by atoms with Crippen LogP contribution >= 0.6 is 0 Å². The molecule has 0 unspecified atom stereocenters. The summed E-state index contributed by atoms with van der Waals surface area (Å²) in [5, 5.41) is 18.5. The average Bonchev–Trinajstić information content (AvgIpc) is 3.05. The average molecular weight is 339 g/mol. The number of phenols is 1. The van der Waals surface area contributed by atoms with E-state index in [9.17, 15) is 14.7 Å². The third-order valence-electron chi connectivity index (χ3n) is 4.74. The normalized spacial score (nSPS) is 16.8. The van der Waals surface area contributed by atoms with E-state index >= 15 is 0 Å². The molecule has 2 N–H and O–H groups in total. The second kappa shape index (κ2) is 6.97. The van der Waals surface area contributed by atoms with Crippen LogP contribution in [0.3, 0.4) is 0 Å². The van der Waals surface area contributed by atoms with Gasteiger partial charge in [-0.25, -0.2) is 4.79 Å². The Balaban J connectivity index is 1.62. The lowest BCUT2D eigenvalue weighted by atomic mass is 9.98. The summed E-state index contributed by atoms with van der Waals surface area (Å²) in [7, 11) is 0. The molecule has 1 aliphatic heterocycles. The maximum absolute atomic E-state index is 12.6. The van der Waals surface area contributed by atoms with Crippen LogP contribution in [0.2, 0.25) is 0 Å². The number of carbonyl (C=O) groups excluding carboxylic acids is 1. The van der Waals surface area contributed by atoms with Crippen LogP contribution in [0.25, 0.3) is 0 Å². The van der Waals surface area contributed by atoms with E-state index in [4.69, 9.17) is 5.11 Å². The summed E-state index contributed by atoms with van der Waals surface area (Å²) in [6.45, 7) is 3.19. The van der Waals surface area contributed by atoms with Crippen molar-refractivity contribution in [1.82, 2.24) is 4.90 Å². The Morgan fingerprint density at radius 3 is 2.44 bits per heavy atom. The standard InChI is InChI=1S/C20H21NO4/c1-13-10-17(6-7-18(13)22)19(23)21-9-8-15(12-21)11-14-2-4-16(5-3-14)20(24)25/h2-7,10,15,22H,8-9,11-12H2,1H3,(H,24,25)/t15-/m0/s1. The van der Waals surface area contributed by atoms with E-state index in [1.54, 1.807) is 37.3 Å². The van der Waals surface area contributed by atoms with Crippen LogP contribution in [-0.4, -0.2) is 40.1 Å². The minimum absolute atomic E-state index is 0.00757. The number of aromatic hydroxyl groups is 1. The molecule has 2 aromatic carbocycles. The molecule has 0 aliphatic carbocycles. The van der Waals surface area contributed by atoms with Gasteiger partial charge in [0.05, 0.1) is 5.56 Å². The van der Waals surface area contributed by atoms with Crippen molar-refractivity contribution in [3.05, 3.63) is 64.7 Å². The van der Waals surface area contributed by atoms with Crippen molar-refractivity contribution in [2.24, 2.45) is 5.92 Å². The third kappa shape index (κ3) is 3.82. The van der Waals surface area contributed by atoms with Gasteiger partial charge in [-0.3, -0.25) is 4.79 Å². The van der Waals surface area contributed by atoms with Crippen molar-refractivity contribution < 1.29 is 19.8 Å². The molecule has 3 rings (SSSR count).